The predicted molar refractivity (Wildman–Crippen MR) is 76.5 cm³/mol. The van der Waals surface area contributed by atoms with E-state index in [4.69, 9.17) is 5.11 Å². The van der Waals surface area contributed by atoms with Gasteiger partial charge in [0.1, 0.15) is 5.82 Å². The van der Waals surface area contributed by atoms with Crippen LogP contribution in [0.1, 0.15) is 37.0 Å². The van der Waals surface area contributed by atoms with Gasteiger partial charge in [0.05, 0.1) is 5.56 Å². The van der Waals surface area contributed by atoms with Crippen molar-refractivity contribution in [2.45, 2.75) is 26.7 Å². The van der Waals surface area contributed by atoms with Gasteiger partial charge < -0.3 is 15.3 Å². The number of amides is 1. The fourth-order valence-corrected chi connectivity index (χ4v) is 1.80. The molecule has 0 atom stereocenters. The third-order valence-corrected chi connectivity index (χ3v) is 2.83. The van der Waals surface area contributed by atoms with Gasteiger partial charge in [0.25, 0.3) is 5.91 Å². The Balaban J connectivity index is 2.62. The predicted octanol–water partition coefficient (Wildman–Crippen LogP) is 1.43. The molecule has 0 aliphatic heterocycles. The average molecular weight is 265 g/mol. The standard InChI is InChI=1S/C14H23N3O2/c1-3-9-17(4-2)13-7-6-12(11-16-13)14(19)15-8-5-10-18/h6-7,11,18H,3-5,8-10H2,1-2H3,(H,15,19). The summed E-state index contributed by atoms with van der Waals surface area (Å²) < 4.78 is 0. The summed E-state index contributed by atoms with van der Waals surface area (Å²) in [6, 6.07) is 3.66. The van der Waals surface area contributed by atoms with Crippen LogP contribution in [0.2, 0.25) is 0 Å². The minimum absolute atomic E-state index is 0.0833. The minimum Gasteiger partial charge on any atom is -0.396 e. The van der Waals surface area contributed by atoms with Gasteiger partial charge >= 0.3 is 0 Å². The van der Waals surface area contributed by atoms with Crippen molar-refractivity contribution in [3.8, 4) is 0 Å². The fraction of sp³-hybridized carbons (Fsp3) is 0.571. The number of hydrogen-bond donors (Lipinski definition) is 2. The number of aromatic nitrogens is 1. The molecule has 0 aliphatic carbocycles. The maximum atomic E-state index is 11.7. The lowest BCUT2D eigenvalue weighted by Gasteiger charge is -2.21. The molecule has 1 aromatic heterocycles. The Kier molecular flexibility index (Phi) is 6.89. The van der Waals surface area contributed by atoms with Gasteiger partial charge in [-0.05, 0) is 31.9 Å². The molecule has 0 aromatic carbocycles. The van der Waals surface area contributed by atoms with Crippen molar-refractivity contribution in [3.63, 3.8) is 0 Å². The number of nitrogens with zero attached hydrogens (tertiary/aromatic N) is 2. The van der Waals surface area contributed by atoms with Gasteiger partial charge in [0.2, 0.25) is 0 Å². The van der Waals surface area contributed by atoms with Crippen LogP contribution in [0.3, 0.4) is 0 Å². The minimum atomic E-state index is -0.147. The van der Waals surface area contributed by atoms with Crippen molar-refractivity contribution in [1.29, 1.82) is 0 Å². The van der Waals surface area contributed by atoms with Crippen LogP contribution in [0, 0.1) is 0 Å². The van der Waals surface area contributed by atoms with Crippen LogP contribution in [-0.2, 0) is 0 Å². The number of hydrogen-bond acceptors (Lipinski definition) is 4. The van der Waals surface area contributed by atoms with Crippen LogP contribution < -0.4 is 10.2 Å². The molecule has 2 N–H and O–H groups in total. The van der Waals surface area contributed by atoms with Gasteiger partial charge in [-0.1, -0.05) is 6.92 Å². The van der Waals surface area contributed by atoms with E-state index < -0.39 is 0 Å². The second kappa shape index (κ2) is 8.48. The average Bonchev–Trinajstić information content (AvgIpc) is 2.45. The number of carbonyl (C=O) groups excluding carboxylic acids is 1. The number of rotatable bonds is 8. The lowest BCUT2D eigenvalue weighted by Crippen LogP contribution is -2.26. The first-order valence-electron chi connectivity index (χ1n) is 6.83. The third kappa shape index (κ3) is 4.87. The van der Waals surface area contributed by atoms with Crippen LogP contribution in [-0.4, -0.2) is 42.2 Å². The quantitative estimate of drug-likeness (QED) is 0.698. The van der Waals surface area contributed by atoms with Crippen LogP contribution in [0.5, 0.6) is 0 Å². The molecule has 0 saturated heterocycles. The number of carbonyl (C=O) groups is 1. The SMILES string of the molecule is CCCN(CC)c1ccc(C(=O)NCCCO)cn1. The Hall–Kier alpha value is -1.62. The van der Waals surface area contributed by atoms with E-state index in [9.17, 15) is 4.79 Å². The van der Waals surface area contributed by atoms with Crippen molar-refractivity contribution in [2.75, 3.05) is 31.1 Å². The number of anilines is 1. The van der Waals surface area contributed by atoms with E-state index in [2.05, 4.69) is 29.0 Å². The second-order valence-electron chi connectivity index (χ2n) is 4.32. The second-order valence-corrected chi connectivity index (χ2v) is 4.32. The summed E-state index contributed by atoms with van der Waals surface area (Å²) in [5, 5.41) is 11.4. The topological polar surface area (TPSA) is 65.5 Å². The summed E-state index contributed by atoms with van der Waals surface area (Å²) in [6.45, 7) is 6.65. The molecule has 0 radical (unpaired) electrons. The van der Waals surface area contributed by atoms with Crippen LogP contribution in [0.25, 0.3) is 0 Å². The molecular formula is C14H23N3O2. The van der Waals surface area contributed by atoms with Crippen molar-refractivity contribution in [2.24, 2.45) is 0 Å². The summed E-state index contributed by atoms with van der Waals surface area (Å²) in [5.41, 5.74) is 0.550. The van der Waals surface area contributed by atoms with Gasteiger partial charge in [-0.15, -0.1) is 0 Å². The smallest absolute Gasteiger partial charge is 0.252 e. The van der Waals surface area contributed by atoms with Gasteiger partial charge in [-0.2, -0.15) is 0 Å². The molecule has 1 amide bonds. The Morgan fingerprint density at radius 2 is 2.21 bits per heavy atom. The molecule has 0 bridgehead atoms. The number of aliphatic hydroxyl groups excluding tert-OH is 1. The third-order valence-electron chi connectivity index (χ3n) is 2.83. The van der Waals surface area contributed by atoms with E-state index >= 15 is 0 Å². The molecular weight excluding hydrogens is 242 g/mol. The highest BCUT2D eigenvalue weighted by molar-refractivity contribution is 5.94. The molecule has 1 rings (SSSR count). The van der Waals surface area contributed by atoms with Crippen molar-refractivity contribution < 1.29 is 9.90 Å². The Labute approximate surface area is 114 Å². The molecule has 106 valence electrons. The maximum absolute atomic E-state index is 11.7. The zero-order valence-electron chi connectivity index (χ0n) is 11.7. The summed E-state index contributed by atoms with van der Waals surface area (Å²) in [7, 11) is 0. The van der Waals surface area contributed by atoms with Gasteiger partial charge in [-0.3, -0.25) is 4.79 Å². The maximum Gasteiger partial charge on any atom is 0.252 e. The Morgan fingerprint density at radius 1 is 1.42 bits per heavy atom. The zero-order valence-corrected chi connectivity index (χ0v) is 11.7. The molecule has 0 unspecified atom stereocenters. The summed E-state index contributed by atoms with van der Waals surface area (Å²) >= 11 is 0. The monoisotopic (exact) mass is 265 g/mol. The largest absolute Gasteiger partial charge is 0.396 e. The molecule has 0 spiro atoms. The zero-order chi connectivity index (χ0) is 14.1. The summed E-state index contributed by atoms with van der Waals surface area (Å²) in [5.74, 6) is 0.752. The first-order chi connectivity index (χ1) is 9.22. The van der Waals surface area contributed by atoms with E-state index in [1.807, 2.05) is 6.07 Å². The number of pyridine rings is 1. The van der Waals surface area contributed by atoms with E-state index in [1.165, 1.54) is 0 Å². The van der Waals surface area contributed by atoms with Gasteiger partial charge in [-0.25, -0.2) is 4.98 Å². The van der Waals surface area contributed by atoms with E-state index in [-0.39, 0.29) is 12.5 Å². The Morgan fingerprint density at radius 3 is 2.74 bits per heavy atom. The fourth-order valence-electron chi connectivity index (χ4n) is 1.80. The first-order valence-corrected chi connectivity index (χ1v) is 6.83. The van der Waals surface area contributed by atoms with Crippen molar-refractivity contribution in [3.05, 3.63) is 23.9 Å². The molecule has 5 heteroatoms. The van der Waals surface area contributed by atoms with E-state index in [0.29, 0.717) is 18.5 Å². The molecule has 1 aromatic rings. The lowest BCUT2D eigenvalue weighted by atomic mass is 10.2. The van der Waals surface area contributed by atoms with Gasteiger partial charge in [0.15, 0.2) is 0 Å². The molecule has 0 saturated carbocycles. The highest BCUT2D eigenvalue weighted by Crippen LogP contribution is 2.11. The van der Waals surface area contributed by atoms with Crippen LogP contribution in [0.15, 0.2) is 18.3 Å². The van der Waals surface area contributed by atoms with Crippen LogP contribution in [0.4, 0.5) is 5.82 Å². The van der Waals surface area contributed by atoms with E-state index in [0.717, 1.165) is 25.3 Å². The summed E-state index contributed by atoms with van der Waals surface area (Å²) in [4.78, 5) is 18.3. The number of aliphatic hydroxyl groups is 1. The number of nitrogens with one attached hydrogen (secondary N) is 1. The Bertz CT molecular complexity index is 379. The van der Waals surface area contributed by atoms with Crippen molar-refractivity contribution in [1.82, 2.24) is 10.3 Å². The molecule has 0 fully saturated rings. The molecule has 19 heavy (non-hydrogen) atoms. The molecule has 5 nitrogen and oxygen atoms in total. The van der Waals surface area contributed by atoms with E-state index in [1.54, 1.807) is 12.3 Å². The summed E-state index contributed by atoms with van der Waals surface area (Å²) in [6.07, 6.45) is 3.23. The highest BCUT2D eigenvalue weighted by atomic mass is 16.3. The van der Waals surface area contributed by atoms with Gasteiger partial charge in [0, 0.05) is 32.4 Å². The lowest BCUT2D eigenvalue weighted by molar-refractivity contribution is 0.0951. The normalized spacial score (nSPS) is 10.3. The van der Waals surface area contributed by atoms with Crippen molar-refractivity contribution >= 4 is 11.7 Å². The molecule has 0 aliphatic rings. The first kappa shape index (κ1) is 15.4. The van der Waals surface area contributed by atoms with Crippen LogP contribution >= 0.6 is 0 Å². The molecule has 1 heterocycles. The highest BCUT2D eigenvalue weighted by Gasteiger charge is 2.08.